The molecule has 0 saturated carbocycles. The van der Waals surface area contributed by atoms with Crippen LogP contribution in [-0.2, 0) is 4.79 Å². The fraction of sp³-hybridized carbons (Fsp3) is 0.278. The van der Waals surface area contributed by atoms with Gasteiger partial charge in [0, 0.05) is 24.4 Å². The van der Waals surface area contributed by atoms with Gasteiger partial charge in [-0.25, -0.2) is 0 Å². The smallest absolute Gasteiger partial charge is 0.139 e. The van der Waals surface area contributed by atoms with Crippen LogP contribution in [0.5, 0.6) is 0 Å². The third-order valence-electron chi connectivity index (χ3n) is 4.15. The van der Waals surface area contributed by atoms with E-state index in [2.05, 4.69) is 29.6 Å². The van der Waals surface area contributed by atoms with Crippen LogP contribution in [0.2, 0.25) is 0 Å². The molecule has 1 saturated heterocycles. The summed E-state index contributed by atoms with van der Waals surface area (Å²) in [6.45, 7) is 2.02. The van der Waals surface area contributed by atoms with Gasteiger partial charge in [-0.15, -0.1) is 0 Å². The van der Waals surface area contributed by atoms with Gasteiger partial charge in [0.2, 0.25) is 0 Å². The molecule has 1 heterocycles. The number of rotatable bonds is 2. The highest BCUT2D eigenvalue weighted by atomic mass is 16.1. The molecule has 0 radical (unpaired) electrons. The predicted molar refractivity (Wildman–Crippen MR) is 80.3 cm³/mol. The molecule has 0 aliphatic carbocycles. The lowest BCUT2D eigenvalue weighted by Crippen LogP contribution is -2.41. The minimum Gasteiger partial charge on any atom is -0.302 e. The fourth-order valence-electron chi connectivity index (χ4n) is 2.94. The Bertz CT molecular complexity index is 579. The normalized spacial score (nSPS) is 26.4. The van der Waals surface area contributed by atoms with Crippen molar-refractivity contribution in [1.29, 1.82) is 0 Å². The highest BCUT2D eigenvalue weighted by Crippen LogP contribution is 2.34. The second-order valence-electron chi connectivity index (χ2n) is 5.48. The molecule has 2 heteroatoms. The van der Waals surface area contributed by atoms with Crippen LogP contribution in [0.3, 0.4) is 0 Å². The van der Waals surface area contributed by atoms with Crippen LogP contribution < -0.4 is 5.32 Å². The van der Waals surface area contributed by atoms with E-state index in [0.717, 1.165) is 0 Å². The molecular weight excluding hydrogens is 246 g/mol. The molecule has 102 valence electrons. The second-order valence-corrected chi connectivity index (χ2v) is 5.48. The van der Waals surface area contributed by atoms with E-state index in [0.29, 0.717) is 12.2 Å². The summed E-state index contributed by atoms with van der Waals surface area (Å²) in [5, 5.41) is 3.65. The fourth-order valence-corrected chi connectivity index (χ4v) is 2.94. The maximum atomic E-state index is 12.3. The van der Waals surface area contributed by atoms with Gasteiger partial charge >= 0.3 is 0 Å². The lowest BCUT2D eigenvalue weighted by Gasteiger charge is -2.35. The van der Waals surface area contributed by atoms with Crippen molar-refractivity contribution < 1.29 is 4.79 Å². The maximum absolute atomic E-state index is 12.3. The molecule has 1 aliphatic heterocycles. The lowest BCUT2D eigenvalue weighted by molar-refractivity contribution is -0.126. The average Bonchev–Trinajstić information content (AvgIpc) is 2.51. The summed E-state index contributed by atoms with van der Waals surface area (Å²) in [5.74, 6) is 0.365. The topological polar surface area (TPSA) is 29.1 Å². The van der Waals surface area contributed by atoms with Gasteiger partial charge < -0.3 is 5.32 Å². The van der Waals surface area contributed by atoms with E-state index in [1.807, 2.05) is 43.3 Å². The first-order valence-corrected chi connectivity index (χ1v) is 7.14. The minimum atomic E-state index is 0.0253. The van der Waals surface area contributed by atoms with Crippen LogP contribution in [0.15, 0.2) is 60.7 Å². The molecule has 0 spiro atoms. The van der Waals surface area contributed by atoms with Crippen LogP contribution in [0.25, 0.3) is 0 Å². The highest BCUT2D eigenvalue weighted by Gasteiger charge is 2.34. The first-order valence-electron chi connectivity index (χ1n) is 7.14. The highest BCUT2D eigenvalue weighted by molar-refractivity contribution is 5.83. The van der Waals surface area contributed by atoms with E-state index in [4.69, 9.17) is 0 Å². The van der Waals surface area contributed by atoms with Gasteiger partial charge in [-0.1, -0.05) is 67.6 Å². The Hall–Kier alpha value is -1.93. The summed E-state index contributed by atoms with van der Waals surface area (Å²) in [4.78, 5) is 12.3. The summed E-state index contributed by atoms with van der Waals surface area (Å²) in [6.07, 6.45) is 0.578. The van der Waals surface area contributed by atoms with E-state index >= 15 is 0 Å². The van der Waals surface area contributed by atoms with Crippen molar-refractivity contribution in [3.05, 3.63) is 71.8 Å². The molecule has 0 bridgehead atoms. The maximum Gasteiger partial charge on any atom is 0.139 e. The van der Waals surface area contributed by atoms with Crippen LogP contribution in [0.4, 0.5) is 0 Å². The van der Waals surface area contributed by atoms with Crippen LogP contribution in [0, 0.1) is 5.92 Å². The summed E-state index contributed by atoms with van der Waals surface area (Å²) in [7, 11) is 0. The van der Waals surface area contributed by atoms with Crippen molar-refractivity contribution in [3.8, 4) is 0 Å². The van der Waals surface area contributed by atoms with Gasteiger partial charge in [-0.2, -0.15) is 0 Å². The Labute approximate surface area is 119 Å². The van der Waals surface area contributed by atoms with Crippen molar-refractivity contribution in [3.63, 3.8) is 0 Å². The molecule has 1 fully saturated rings. The molecular formula is C18H19NO. The van der Waals surface area contributed by atoms with Crippen molar-refractivity contribution in [2.75, 3.05) is 0 Å². The molecule has 2 aromatic rings. The molecule has 1 N–H and O–H groups in total. The number of hydrogen-bond donors (Lipinski definition) is 1. The Kier molecular flexibility index (Phi) is 3.66. The second kappa shape index (κ2) is 5.59. The standard InChI is InChI=1S/C18H19NO/c1-13-17(20)12-16(14-8-4-2-5-9-14)19-18(13)15-10-6-3-7-11-15/h2-11,13,16,18-19H,12H2,1H3/t13-,16+,18+/m0/s1. The number of Topliss-reactive ketones (excluding diaryl/α,β-unsaturated/α-hetero) is 1. The SMILES string of the molecule is C[C@H]1C(=O)C[C@H](c2ccccc2)N[C@H]1c1ccccc1. The molecule has 3 rings (SSSR count). The Morgan fingerprint density at radius 2 is 1.45 bits per heavy atom. The van der Waals surface area contributed by atoms with Crippen LogP contribution >= 0.6 is 0 Å². The monoisotopic (exact) mass is 265 g/mol. The Balaban J connectivity index is 1.89. The summed E-state index contributed by atoms with van der Waals surface area (Å²) in [5.41, 5.74) is 2.38. The number of benzene rings is 2. The van der Waals surface area contributed by atoms with E-state index < -0.39 is 0 Å². The van der Waals surface area contributed by atoms with E-state index in [9.17, 15) is 4.79 Å². The van der Waals surface area contributed by atoms with Gasteiger partial charge in [-0.05, 0) is 11.1 Å². The first-order chi connectivity index (χ1) is 9.75. The summed E-state index contributed by atoms with van der Waals surface area (Å²) < 4.78 is 0. The predicted octanol–water partition coefficient (Wildman–Crippen LogP) is 3.67. The third-order valence-corrected chi connectivity index (χ3v) is 4.15. The molecule has 2 aromatic carbocycles. The lowest BCUT2D eigenvalue weighted by atomic mass is 9.82. The van der Waals surface area contributed by atoms with Gasteiger partial charge in [0.1, 0.15) is 5.78 Å². The van der Waals surface area contributed by atoms with Gasteiger partial charge in [0.15, 0.2) is 0 Å². The van der Waals surface area contributed by atoms with Crippen LogP contribution in [-0.4, -0.2) is 5.78 Å². The quantitative estimate of drug-likeness (QED) is 0.897. The molecule has 0 aromatic heterocycles. The molecule has 0 unspecified atom stereocenters. The molecule has 0 amide bonds. The van der Waals surface area contributed by atoms with Crippen molar-refractivity contribution >= 4 is 5.78 Å². The summed E-state index contributed by atoms with van der Waals surface area (Å²) in [6, 6.07) is 20.7. The average molecular weight is 265 g/mol. The number of carbonyl (C=O) groups is 1. The molecule has 1 aliphatic rings. The Morgan fingerprint density at radius 1 is 0.900 bits per heavy atom. The van der Waals surface area contributed by atoms with E-state index in [1.54, 1.807) is 0 Å². The number of piperidine rings is 1. The Morgan fingerprint density at radius 3 is 2.05 bits per heavy atom. The summed E-state index contributed by atoms with van der Waals surface area (Å²) >= 11 is 0. The zero-order chi connectivity index (χ0) is 13.9. The molecule has 2 nitrogen and oxygen atoms in total. The number of ketones is 1. The number of carbonyl (C=O) groups excluding carboxylic acids is 1. The zero-order valence-corrected chi connectivity index (χ0v) is 11.6. The largest absolute Gasteiger partial charge is 0.302 e. The first kappa shape index (κ1) is 13.1. The number of hydrogen-bond acceptors (Lipinski definition) is 2. The minimum absolute atomic E-state index is 0.0253. The molecule has 3 atom stereocenters. The van der Waals surface area contributed by atoms with E-state index in [1.165, 1.54) is 11.1 Å². The van der Waals surface area contributed by atoms with Gasteiger partial charge in [0.05, 0.1) is 0 Å². The van der Waals surface area contributed by atoms with Crippen molar-refractivity contribution in [2.45, 2.75) is 25.4 Å². The zero-order valence-electron chi connectivity index (χ0n) is 11.6. The third kappa shape index (κ3) is 2.52. The van der Waals surface area contributed by atoms with Crippen LogP contribution in [0.1, 0.15) is 36.6 Å². The van der Waals surface area contributed by atoms with Gasteiger partial charge in [-0.3, -0.25) is 4.79 Å². The van der Waals surface area contributed by atoms with E-state index in [-0.39, 0.29) is 18.0 Å². The molecule has 20 heavy (non-hydrogen) atoms. The van der Waals surface area contributed by atoms with Crippen molar-refractivity contribution in [1.82, 2.24) is 5.32 Å². The number of nitrogens with one attached hydrogen (secondary N) is 1. The van der Waals surface area contributed by atoms with Crippen molar-refractivity contribution in [2.24, 2.45) is 5.92 Å². The van der Waals surface area contributed by atoms with Gasteiger partial charge in [0.25, 0.3) is 0 Å².